The van der Waals surface area contributed by atoms with Crippen molar-refractivity contribution in [3.8, 4) is 0 Å². The summed E-state index contributed by atoms with van der Waals surface area (Å²) < 4.78 is 0. The molecule has 0 spiro atoms. The first-order valence-corrected chi connectivity index (χ1v) is 7.01. The third-order valence-electron chi connectivity index (χ3n) is 3.40. The Hall–Kier alpha value is -2.19. The molecular formula is C18H15NS. The van der Waals surface area contributed by atoms with Gasteiger partial charge in [-0.3, -0.25) is 0 Å². The van der Waals surface area contributed by atoms with Gasteiger partial charge in [0, 0.05) is 11.3 Å². The fraction of sp³-hybridized carbons (Fsp3) is 0.0556. The Bertz CT molecular complexity index is 763. The molecule has 0 fully saturated rings. The van der Waals surface area contributed by atoms with Crippen molar-refractivity contribution in [2.24, 2.45) is 0 Å². The maximum absolute atomic E-state index is 5.61. The minimum absolute atomic E-state index is 0.769. The van der Waals surface area contributed by atoms with Gasteiger partial charge in [0.05, 0.1) is 0 Å². The molecule has 20 heavy (non-hydrogen) atoms. The van der Waals surface area contributed by atoms with Crippen molar-refractivity contribution in [2.75, 3.05) is 5.32 Å². The van der Waals surface area contributed by atoms with E-state index >= 15 is 0 Å². The van der Waals surface area contributed by atoms with Crippen molar-refractivity contribution in [2.45, 2.75) is 6.92 Å². The molecule has 0 saturated carbocycles. The van der Waals surface area contributed by atoms with Crippen molar-refractivity contribution in [1.82, 2.24) is 0 Å². The summed E-state index contributed by atoms with van der Waals surface area (Å²) in [7, 11) is 0. The number of thiocarbonyl (C=S) groups is 1. The second-order valence-corrected chi connectivity index (χ2v) is 5.21. The molecule has 0 unspecified atom stereocenters. The normalized spacial score (nSPS) is 10.4. The van der Waals surface area contributed by atoms with Crippen LogP contribution in [0, 0.1) is 6.92 Å². The zero-order chi connectivity index (χ0) is 13.9. The highest BCUT2D eigenvalue weighted by atomic mass is 32.1. The minimum atomic E-state index is 0.769. The molecule has 0 saturated heterocycles. The highest BCUT2D eigenvalue weighted by molar-refractivity contribution is 7.81. The third kappa shape index (κ3) is 2.43. The quantitative estimate of drug-likeness (QED) is 0.666. The van der Waals surface area contributed by atoms with Gasteiger partial charge in [-0.05, 0) is 35.4 Å². The predicted octanol–water partition coefficient (Wildman–Crippen LogP) is 4.94. The van der Waals surface area contributed by atoms with E-state index in [-0.39, 0.29) is 0 Å². The number of nitrogens with one attached hydrogen (secondary N) is 1. The average molecular weight is 277 g/mol. The Kier molecular flexibility index (Phi) is 3.48. The van der Waals surface area contributed by atoms with Crippen molar-refractivity contribution in [3.63, 3.8) is 0 Å². The molecule has 2 heteroatoms. The Balaban J connectivity index is 2.05. The molecule has 0 heterocycles. The van der Waals surface area contributed by atoms with E-state index in [4.69, 9.17) is 12.2 Å². The van der Waals surface area contributed by atoms with E-state index in [9.17, 15) is 0 Å². The van der Waals surface area contributed by atoms with Crippen LogP contribution in [-0.2, 0) is 0 Å². The van der Waals surface area contributed by atoms with Crippen LogP contribution in [0.4, 0.5) is 5.69 Å². The van der Waals surface area contributed by atoms with Crippen LogP contribution in [0.1, 0.15) is 11.1 Å². The number of hydrogen-bond donors (Lipinski definition) is 1. The molecule has 0 amide bonds. The molecule has 3 aromatic carbocycles. The summed E-state index contributed by atoms with van der Waals surface area (Å²) in [6.45, 7) is 2.10. The van der Waals surface area contributed by atoms with Gasteiger partial charge in [0.1, 0.15) is 4.99 Å². The van der Waals surface area contributed by atoms with Crippen LogP contribution in [0.5, 0.6) is 0 Å². The lowest BCUT2D eigenvalue weighted by molar-refractivity contribution is 1.47. The summed E-state index contributed by atoms with van der Waals surface area (Å²) in [4.78, 5) is 0.769. The molecule has 0 aliphatic carbocycles. The van der Waals surface area contributed by atoms with Crippen LogP contribution >= 0.6 is 12.2 Å². The zero-order valence-corrected chi connectivity index (χ0v) is 12.1. The van der Waals surface area contributed by atoms with Crippen molar-refractivity contribution >= 4 is 33.7 Å². The van der Waals surface area contributed by atoms with Gasteiger partial charge in [-0.1, -0.05) is 66.8 Å². The topological polar surface area (TPSA) is 12.0 Å². The van der Waals surface area contributed by atoms with Gasteiger partial charge in [-0.25, -0.2) is 0 Å². The summed E-state index contributed by atoms with van der Waals surface area (Å²) >= 11 is 5.61. The Morgan fingerprint density at radius 3 is 2.35 bits per heavy atom. The summed E-state index contributed by atoms with van der Waals surface area (Å²) in [5.41, 5.74) is 3.32. The van der Waals surface area contributed by atoms with Crippen molar-refractivity contribution in [3.05, 3.63) is 77.9 Å². The number of para-hydroxylation sites is 1. The first kappa shape index (κ1) is 12.8. The molecule has 0 aliphatic heterocycles. The predicted molar refractivity (Wildman–Crippen MR) is 90.4 cm³/mol. The lowest BCUT2D eigenvalue weighted by Gasteiger charge is -2.13. The molecule has 0 bridgehead atoms. The summed E-state index contributed by atoms with van der Waals surface area (Å²) in [6.07, 6.45) is 0. The van der Waals surface area contributed by atoms with Gasteiger partial charge < -0.3 is 5.32 Å². The summed E-state index contributed by atoms with van der Waals surface area (Å²) in [6, 6.07) is 22.6. The van der Waals surface area contributed by atoms with Gasteiger partial charge in [0.2, 0.25) is 0 Å². The zero-order valence-electron chi connectivity index (χ0n) is 11.3. The van der Waals surface area contributed by atoms with Crippen LogP contribution in [0.25, 0.3) is 10.8 Å². The molecular weight excluding hydrogens is 262 g/mol. The third-order valence-corrected chi connectivity index (χ3v) is 3.70. The van der Waals surface area contributed by atoms with Gasteiger partial charge >= 0.3 is 0 Å². The first-order chi connectivity index (χ1) is 9.75. The van der Waals surface area contributed by atoms with E-state index in [1.54, 1.807) is 0 Å². The second kappa shape index (κ2) is 5.43. The Morgan fingerprint density at radius 2 is 1.55 bits per heavy atom. The average Bonchev–Trinajstić information content (AvgIpc) is 2.48. The largest absolute Gasteiger partial charge is 0.346 e. The van der Waals surface area contributed by atoms with E-state index in [1.807, 2.05) is 30.3 Å². The second-order valence-electron chi connectivity index (χ2n) is 4.80. The number of fused-ring (bicyclic) bond motifs is 1. The minimum Gasteiger partial charge on any atom is -0.346 e. The van der Waals surface area contributed by atoms with Crippen LogP contribution in [0.15, 0.2) is 66.7 Å². The smallest absolute Gasteiger partial charge is 0.111 e. The van der Waals surface area contributed by atoms with Crippen LogP contribution < -0.4 is 5.32 Å². The maximum Gasteiger partial charge on any atom is 0.111 e. The molecule has 98 valence electrons. The fourth-order valence-corrected chi connectivity index (χ4v) is 2.79. The van der Waals surface area contributed by atoms with E-state index in [0.29, 0.717) is 0 Å². The molecule has 0 aromatic heterocycles. The molecule has 0 radical (unpaired) electrons. The lowest BCUT2D eigenvalue weighted by Crippen LogP contribution is -2.12. The molecule has 0 atom stereocenters. The Morgan fingerprint density at radius 1 is 0.850 bits per heavy atom. The number of anilines is 1. The standard InChI is InChI=1S/C18H15NS/c1-13-11-12-14-7-5-6-10-16(14)17(13)18(20)19-15-8-3-2-4-9-15/h2-12H,1H3,(H,19,20). The molecule has 1 nitrogen and oxygen atoms in total. The highest BCUT2D eigenvalue weighted by Gasteiger charge is 2.09. The van der Waals surface area contributed by atoms with Gasteiger partial charge in [0.25, 0.3) is 0 Å². The molecule has 0 aliphatic rings. The first-order valence-electron chi connectivity index (χ1n) is 6.60. The number of rotatable bonds is 2. The van der Waals surface area contributed by atoms with E-state index in [1.165, 1.54) is 16.3 Å². The SMILES string of the molecule is Cc1ccc2ccccc2c1C(=S)Nc1ccccc1. The van der Waals surface area contributed by atoms with Crippen molar-refractivity contribution < 1.29 is 0 Å². The number of benzene rings is 3. The van der Waals surface area contributed by atoms with Crippen molar-refractivity contribution in [1.29, 1.82) is 0 Å². The molecule has 3 aromatic rings. The molecule has 1 N–H and O–H groups in total. The lowest BCUT2D eigenvalue weighted by atomic mass is 9.99. The number of aryl methyl sites for hydroxylation is 1. The van der Waals surface area contributed by atoms with E-state index in [2.05, 4.69) is 48.6 Å². The monoisotopic (exact) mass is 277 g/mol. The van der Waals surface area contributed by atoms with Gasteiger partial charge in [0.15, 0.2) is 0 Å². The summed E-state index contributed by atoms with van der Waals surface area (Å²) in [5.74, 6) is 0. The van der Waals surface area contributed by atoms with E-state index in [0.717, 1.165) is 16.2 Å². The van der Waals surface area contributed by atoms with Crippen LogP contribution in [0.2, 0.25) is 0 Å². The Labute approximate surface area is 124 Å². The highest BCUT2D eigenvalue weighted by Crippen LogP contribution is 2.23. The van der Waals surface area contributed by atoms with Crippen LogP contribution in [-0.4, -0.2) is 4.99 Å². The maximum atomic E-state index is 5.61. The van der Waals surface area contributed by atoms with Gasteiger partial charge in [-0.15, -0.1) is 0 Å². The van der Waals surface area contributed by atoms with Gasteiger partial charge in [-0.2, -0.15) is 0 Å². The fourth-order valence-electron chi connectivity index (χ4n) is 2.40. The number of hydrogen-bond acceptors (Lipinski definition) is 1. The van der Waals surface area contributed by atoms with Crippen LogP contribution in [0.3, 0.4) is 0 Å². The van der Waals surface area contributed by atoms with E-state index < -0.39 is 0 Å². The molecule has 3 rings (SSSR count). The summed E-state index contributed by atoms with van der Waals surface area (Å²) in [5, 5.41) is 5.73.